The van der Waals surface area contributed by atoms with Gasteiger partial charge in [0.1, 0.15) is 5.75 Å². The van der Waals surface area contributed by atoms with Crippen LogP contribution in [0.4, 0.5) is 4.79 Å². The summed E-state index contributed by atoms with van der Waals surface area (Å²) in [5, 5.41) is 4.58. The molecule has 0 heterocycles. The second-order valence-electron chi connectivity index (χ2n) is 3.20. The first-order valence-electron chi connectivity index (χ1n) is 5.09. The summed E-state index contributed by atoms with van der Waals surface area (Å²) in [6.07, 6.45) is 2.45. The summed E-state index contributed by atoms with van der Waals surface area (Å²) >= 11 is 3.33. The molecule has 1 aromatic carbocycles. The summed E-state index contributed by atoms with van der Waals surface area (Å²) < 4.78 is 5.51. The van der Waals surface area contributed by atoms with E-state index in [1.54, 1.807) is 0 Å². The maximum absolute atomic E-state index is 10.4. The number of amides is 2. The molecule has 92 valence electrons. The highest BCUT2D eigenvalue weighted by atomic mass is 79.9. The topological polar surface area (TPSA) is 76.7 Å². The lowest BCUT2D eigenvalue weighted by atomic mass is 10.2. The van der Waals surface area contributed by atoms with Crippen LogP contribution in [0.25, 0.3) is 0 Å². The largest absolute Gasteiger partial charge is 0.494 e. The summed E-state index contributed by atoms with van der Waals surface area (Å²) in [4.78, 5) is 10.4. The van der Waals surface area contributed by atoms with Crippen LogP contribution in [0.15, 0.2) is 29.4 Å². The van der Waals surface area contributed by atoms with E-state index in [1.807, 2.05) is 24.3 Å². The zero-order valence-electron chi connectivity index (χ0n) is 9.23. The molecule has 0 unspecified atom stereocenters. The van der Waals surface area contributed by atoms with E-state index in [4.69, 9.17) is 10.5 Å². The van der Waals surface area contributed by atoms with Crippen molar-refractivity contribution in [2.24, 2.45) is 10.8 Å². The Morgan fingerprint density at radius 3 is 3.12 bits per heavy atom. The van der Waals surface area contributed by atoms with Crippen molar-refractivity contribution < 1.29 is 9.53 Å². The normalized spacial score (nSPS) is 10.4. The zero-order chi connectivity index (χ0) is 12.5. The molecule has 0 aliphatic rings. The van der Waals surface area contributed by atoms with Gasteiger partial charge in [0.05, 0.1) is 12.8 Å². The predicted molar refractivity (Wildman–Crippen MR) is 70.7 cm³/mol. The molecule has 0 atom stereocenters. The Hall–Kier alpha value is -1.56. The lowest BCUT2D eigenvalue weighted by Crippen LogP contribution is -2.24. The van der Waals surface area contributed by atoms with Crippen molar-refractivity contribution >= 4 is 28.2 Å². The number of rotatable bonds is 6. The predicted octanol–water partition coefficient (Wildman–Crippen LogP) is 1.85. The van der Waals surface area contributed by atoms with Crippen LogP contribution in [0.5, 0.6) is 5.75 Å². The Bertz CT molecular complexity index is 396. The van der Waals surface area contributed by atoms with Gasteiger partial charge >= 0.3 is 6.03 Å². The van der Waals surface area contributed by atoms with Crippen LogP contribution >= 0.6 is 15.9 Å². The van der Waals surface area contributed by atoms with Gasteiger partial charge in [-0.05, 0) is 24.1 Å². The molecule has 0 bridgehead atoms. The SMILES string of the molecule is NC(=O)NN=Cc1cccc(OCCCBr)c1. The third-order valence-electron chi connectivity index (χ3n) is 1.79. The zero-order valence-corrected chi connectivity index (χ0v) is 10.8. The number of carbonyl (C=O) groups is 1. The van der Waals surface area contributed by atoms with E-state index in [0.717, 1.165) is 23.1 Å². The monoisotopic (exact) mass is 299 g/mol. The number of carbonyl (C=O) groups excluding carboxylic acids is 1. The standard InChI is InChI=1S/C11H14BrN3O2/c12-5-2-6-17-10-4-1-3-9(7-10)8-14-15-11(13)16/h1,3-4,7-8H,2,5-6H2,(H3,13,15,16). The van der Waals surface area contributed by atoms with Crippen molar-refractivity contribution in [2.45, 2.75) is 6.42 Å². The molecular formula is C11H14BrN3O2. The van der Waals surface area contributed by atoms with Crippen LogP contribution in [0.2, 0.25) is 0 Å². The Balaban J connectivity index is 2.53. The van der Waals surface area contributed by atoms with Crippen molar-refractivity contribution in [3.8, 4) is 5.75 Å². The van der Waals surface area contributed by atoms with Gasteiger partial charge in [-0.3, -0.25) is 0 Å². The van der Waals surface area contributed by atoms with Crippen molar-refractivity contribution in [3.63, 3.8) is 0 Å². The van der Waals surface area contributed by atoms with Gasteiger partial charge in [0.15, 0.2) is 0 Å². The summed E-state index contributed by atoms with van der Waals surface area (Å²) in [6.45, 7) is 0.658. The quantitative estimate of drug-likeness (QED) is 0.364. The maximum atomic E-state index is 10.4. The fourth-order valence-electron chi connectivity index (χ4n) is 1.10. The number of hydrogen-bond acceptors (Lipinski definition) is 3. The molecule has 3 N–H and O–H groups in total. The van der Waals surface area contributed by atoms with E-state index in [2.05, 4.69) is 26.5 Å². The number of ether oxygens (including phenoxy) is 1. The Morgan fingerprint density at radius 2 is 2.41 bits per heavy atom. The number of nitrogens with zero attached hydrogens (tertiary/aromatic N) is 1. The molecule has 1 rings (SSSR count). The molecule has 0 aromatic heterocycles. The van der Waals surface area contributed by atoms with E-state index < -0.39 is 6.03 Å². The van der Waals surface area contributed by atoms with Gasteiger partial charge in [-0.1, -0.05) is 28.1 Å². The first kappa shape index (κ1) is 13.5. The van der Waals surface area contributed by atoms with Crippen LogP contribution in [0, 0.1) is 0 Å². The van der Waals surface area contributed by atoms with Crippen LogP contribution in [0.1, 0.15) is 12.0 Å². The summed E-state index contributed by atoms with van der Waals surface area (Å²) in [5.41, 5.74) is 7.83. The lowest BCUT2D eigenvalue weighted by Gasteiger charge is -2.05. The Kier molecular flexibility index (Phi) is 6.09. The van der Waals surface area contributed by atoms with Gasteiger partial charge in [0.2, 0.25) is 0 Å². The van der Waals surface area contributed by atoms with Gasteiger partial charge in [-0.25, -0.2) is 10.2 Å². The summed E-state index contributed by atoms with van der Waals surface area (Å²) in [6, 6.07) is 6.72. The first-order valence-corrected chi connectivity index (χ1v) is 6.22. The summed E-state index contributed by atoms with van der Waals surface area (Å²) in [7, 11) is 0. The average Bonchev–Trinajstić information content (AvgIpc) is 2.29. The molecule has 0 saturated heterocycles. The fraction of sp³-hybridized carbons (Fsp3) is 0.273. The molecule has 2 amide bonds. The molecular weight excluding hydrogens is 286 g/mol. The molecule has 17 heavy (non-hydrogen) atoms. The number of halogens is 1. The van der Waals surface area contributed by atoms with Crippen LogP contribution < -0.4 is 15.9 Å². The highest BCUT2D eigenvalue weighted by Crippen LogP contribution is 2.12. The second-order valence-corrected chi connectivity index (χ2v) is 3.99. The average molecular weight is 300 g/mol. The second kappa shape index (κ2) is 7.67. The number of hydrazone groups is 1. The van der Waals surface area contributed by atoms with Gasteiger partial charge in [-0.15, -0.1) is 0 Å². The molecule has 1 aromatic rings. The highest BCUT2D eigenvalue weighted by Gasteiger charge is 1.95. The smallest absolute Gasteiger partial charge is 0.332 e. The van der Waals surface area contributed by atoms with Crippen LogP contribution in [-0.4, -0.2) is 24.2 Å². The maximum Gasteiger partial charge on any atom is 0.332 e. The molecule has 0 aliphatic carbocycles. The van der Waals surface area contributed by atoms with E-state index in [1.165, 1.54) is 6.21 Å². The number of benzene rings is 1. The van der Waals surface area contributed by atoms with Gasteiger partial charge < -0.3 is 10.5 Å². The van der Waals surface area contributed by atoms with Gasteiger partial charge in [0.25, 0.3) is 0 Å². The number of nitrogens with two attached hydrogens (primary N) is 1. The first-order chi connectivity index (χ1) is 8.22. The van der Waals surface area contributed by atoms with Crippen molar-refractivity contribution in [1.82, 2.24) is 5.43 Å². The molecule has 6 heteroatoms. The highest BCUT2D eigenvalue weighted by molar-refractivity contribution is 9.09. The lowest BCUT2D eigenvalue weighted by molar-refractivity contribution is 0.249. The van der Waals surface area contributed by atoms with Crippen LogP contribution in [-0.2, 0) is 0 Å². The number of hydrogen-bond donors (Lipinski definition) is 2. The molecule has 0 aliphatic heterocycles. The third kappa shape index (κ3) is 5.91. The van der Waals surface area contributed by atoms with Gasteiger partial charge in [-0.2, -0.15) is 5.10 Å². The van der Waals surface area contributed by atoms with E-state index in [0.29, 0.717) is 6.61 Å². The molecule has 0 radical (unpaired) electrons. The summed E-state index contributed by atoms with van der Waals surface area (Å²) in [5.74, 6) is 0.772. The van der Waals surface area contributed by atoms with Crippen molar-refractivity contribution in [3.05, 3.63) is 29.8 Å². The number of urea groups is 1. The molecule has 0 spiro atoms. The minimum atomic E-state index is -0.689. The van der Waals surface area contributed by atoms with E-state index in [9.17, 15) is 4.79 Å². The van der Waals surface area contributed by atoms with Crippen molar-refractivity contribution in [2.75, 3.05) is 11.9 Å². The molecule has 5 nitrogen and oxygen atoms in total. The van der Waals surface area contributed by atoms with E-state index in [-0.39, 0.29) is 0 Å². The minimum absolute atomic E-state index is 0.658. The number of primary amides is 1. The van der Waals surface area contributed by atoms with Gasteiger partial charge in [0, 0.05) is 5.33 Å². The molecule has 0 saturated carbocycles. The third-order valence-corrected chi connectivity index (χ3v) is 2.35. The van der Waals surface area contributed by atoms with Crippen molar-refractivity contribution in [1.29, 1.82) is 0 Å². The Morgan fingerprint density at radius 1 is 1.59 bits per heavy atom. The minimum Gasteiger partial charge on any atom is -0.494 e. The van der Waals surface area contributed by atoms with Crippen LogP contribution in [0.3, 0.4) is 0 Å². The van der Waals surface area contributed by atoms with E-state index >= 15 is 0 Å². The fourth-order valence-corrected chi connectivity index (χ4v) is 1.33. The number of alkyl halides is 1. The Labute approximate surface area is 108 Å². The number of nitrogens with one attached hydrogen (secondary N) is 1. The molecule has 0 fully saturated rings.